The van der Waals surface area contributed by atoms with E-state index in [0.29, 0.717) is 5.92 Å². The predicted molar refractivity (Wildman–Crippen MR) is 65.8 cm³/mol. The molecule has 1 nitrogen and oxygen atoms in total. The van der Waals surface area contributed by atoms with Crippen molar-refractivity contribution in [2.45, 2.75) is 26.3 Å². The van der Waals surface area contributed by atoms with Gasteiger partial charge in [0.05, 0.1) is 5.45 Å². The van der Waals surface area contributed by atoms with Gasteiger partial charge in [0.2, 0.25) is 0 Å². The van der Waals surface area contributed by atoms with Crippen LogP contribution >= 0.6 is 15.9 Å². The average molecular weight is 256 g/mol. The highest BCUT2D eigenvalue weighted by Crippen LogP contribution is 2.15. The van der Waals surface area contributed by atoms with Crippen LogP contribution in [0, 0.1) is 0 Å². The highest BCUT2D eigenvalue weighted by Gasteiger charge is 2.00. The Morgan fingerprint density at radius 2 is 1.79 bits per heavy atom. The summed E-state index contributed by atoms with van der Waals surface area (Å²) in [6, 6.07) is 8.88. The van der Waals surface area contributed by atoms with Crippen LogP contribution in [0.4, 0.5) is 0 Å². The normalized spacial score (nSPS) is 11.3. The second-order valence-corrected chi connectivity index (χ2v) is 4.53. The Balaban J connectivity index is 2.64. The molecule has 0 saturated carbocycles. The molecule has 0 aromatic heterocycles. The summed E-state index contributed by atoms with van der Waals surface area (Å²) in [5, 5.41) is 0. The van der Waals surface area contributed by atoms with Crippen LogP contribution in [0.25, 0.3) is 0 Å². The van der Waals surface area contributed by atoms with E-state index in [0.717, 1.165) is 12.0 Å². The van der Waals surface area contributed by atoms with E-state index in [2.05, 4.69) is 66.0 Å². The Morgan fingerprint density at radius 1 is 1.21 bits per heavy atom. The van der Waals surface area contributed by atoms with Gasteiger partial charge in [0, 0.05) is 6.54 Å². The van der Waals surface area contributed by atoms with Gasteiger partial charge in [-0.15, -0.1) is 0 Å². The fourth-order valence-electron chi connectivity index (χ4n) is 1.36. The summed E-state index contributed by atoms with van der Waals surface area (Å²) in [5.74, 6) is 0.623. The minimum Gasteiger partial charge on any atom is -0.292 e. The molecule has 0 heterocycles. The maximum Gasteiger partial charge on any atom is 0.0542 e. The lowest BCUT2D eigenvalue weighted by molar-refractivity contribution is 0.390. The van der Waals surface area contributed by atoms with Crippen LogP contribution in [0.2, 0.25) is 0 Å². The fraction of sp³-hybridized carbons (Fsp3) is 0.500. The number of rotatable bonds is 4. The van der Waals surface area contributed by atoms with Gasteiger partial charge >= 0.3 is 0 Å². The molecule has 0 atom stereocenters. The van der Waals surface area contributed by atoms with E-state index in [1.165, 1.54) is 11.1 Å². The predicted octanol–water partition coefficient (Wildman–Crippen LogP) is 3.59. The molecule has 0 bridgehead atoms. The van der Waals surface area contributed by atoms with Crippen molar-refractivity contribution in [1.82, 2.24) is 4.90 Å². The van der Waals surface area contributed by atoms with Crippen molar-refractivity contribution in [1.29, 1.82) is 0 Å². The first kappa shape index (κ1) is 11.7. The lowest BCUT2D eigenvalue weighted by atomic mass is 10.0. The standard InChI is InChI=1S/C12H18BrN/c1-10(2)12-6-4-11(5-7-12)8-14(3)9-13/h4-7,10H,8-9H2,1-3H3. The van der Waals surface area contributed by atoms with Gasteiger partial charge in [-0.1, -0.05) is 54.0 Å². The highest BCUT2D eigenvalue weighted by molar-refractivity contribution is 9.09. The number of benzene rings is 1. The van der Waals surface area contributed by atoms with E-state index in [1.54, 1.807) is 0 Å². The number of hydrogen-bond donors (Lipinski definition) is 0. The van der Waals surface area contributed by atoms with Gasteiger partial charge in [-0.25, -0.2) is 0 Å². The van der Waals surface area contributed by atoms with Crippen LogP contribution in [0.5, 0.6) is 0 Å². The third-order valence-electron chi connectivity index (χ3n) is 2.30. The topological polar surface area (TPSA) is 3.24 Å². The van der Waals surface area contributed by atoms with E-state index in [-0.39, 0.29) is 0 Å². The Morgan fingerprint density at radius 3 is 2.21 bits per heavy atom. The monoisotopic (exact) mass is 255 g/mol. The molecule has 0 unspecified atom stereocenters. The molecule has 0 amide bonds. The minimum atomic E-state index is 0.623. The zero-order chi connectivity index (χ0) is 10.6. The number of hydrogen-bond acceptors (Lipinski definition) is 1. The van der Waals surface area contributed by atoms with Gasteiger partial charge < -0.3 is 0 Å². The van der Waals surface area contributed by atoms with Crippen molar-refractivity contribution in [3.63, 3.8) is 0 Å². The van der Waals surface area contributed by atoms with Crippen LogP contribution in [0.15, 0.2) is 24.3 Å². The minimum absolute atomic E-state index is 0.623. The molecule has 0 N–H and O–H groups in total. The van der Waals surface area contributed by atoms with Gasteiger partial charge in [0.1, 0.15) is 0 Å². The van der Waals surface area contributed by atoms with Gasteiger partial charge in [-0.2, -0.15) is 0 Å². The second-order valence-electron chi connectivity index (χ2n) is 4.03. The van der Waals surface area contributed by atoms with Crippen LogP contribution in [0.3, 0.4) is 0 Å². The molecule has 2 heteroatoms. The maximum absolute atomic E-state index is 3.44. The van der Waals surface area contributed by atoms with Crippen molar-refractivity contribution >= 4 is 15.9 Å². The van der Waals surface area contributed by atoms with Gasteiger partial charge in [0.15, 0.2) is 0 Å². The summed E-state index contributed by atoms with van der Waals surface area (Å²) in [7, 11) is 2.10. The zero-order valence-corrected chi connectivity index (χ0v) is 10.7. The van der Waals surface area contributed by atoms with Crippen molar-refractivity contribution in [3.8, 4) is 0 Å². The Labute approximate surface area is 95.2 Å². The Hall–Kier alpha value is -0.340. The summed E-state index contributed by atoms with van der Waals surface area (Å²) in [5.41, 5.74) is 3.70. The van der Waals surface area contributed by atoms with Gasteiger partial charge in [-0.05, 0) is 24.1 Å². The summed E-state index contributed by atoms with van der Waals surface area (Å²) >= 11 is 3.44. The largest absolute Gasteiger partial charge is 0.292 e. The SMILES string of the molecule is CC(C)c1ccc(CN(C)CBr)cc1. The van der Waals surface area contributed by atoms with Gasteiger partial charge in [-0.3, -0.25) is 4.90 Å². The van der Waals surface area contributed by atoms with Crippen LogP contribution in [0.1, 0.15) is 30.9 Å². The van der Waals surface area contributed by atoms with E-state index in [9.17, 15) is 0 Å². The molecular formula is C12H18BrN. The van der Waals surface area contributed by atoms with Crippen LogP contribution in [-0.2, 0) is 6.54 Å². The fourth-order valence-corrected chi connectivity index (χ4v) is 1.54. The zero-order valence-electron chi connectivity index (χ0n) is 9.13. The molecule has 0 radical (unpaired) electrons. The van der Waals surface area contributed by atoms with Crippen molar-refractivity contribution in [2.75, 3.05) is 12.5 Å². The molecule has 14 heavy (non-hydrogen) atoms. The Kier molecular flexibility index (Phi) is 4.63. The van der Waals surface area contributed by atoms with Crippen molar-refractivity contribution in [2.24, 2.45) is 0 Å². The van der Waals surface area contributed by atoms with Crippen LogP contribution in [-0.4, -0.2) is 17.4 Å². The van der Waals surface area contributed by atoms with Gasteiger partial charge in [0.25, 0.3) is 0 Å². The number of nitrogens with zero attached hydrogens (tertiary/aromatic N) is 1. The number of alkyl halides is 1. The summed E-state index contributed by atoms with van der Waals surface area (Å²) in [6.07, 6.45) is 0. The van der Waals surface area contributed by atoms with E-state index >= 15 is 0 Å². The van der Waals surface area contributed by atoms with E-state index in [1.807, 2.05) is 0 Å². The molecular weight excluding hydrogens is 238 g/mol. The summed E-state index contributed by atoms with van der Waals surface area (Å²) < 4.78 is 0. The molecule has 0 aliphatic heterocycles. The molecule has 1 rings (SSSR count). The molecule has 1 aromatic rings. The Bertz CT molecular complexity index is 266. The molecule has 1 aromatic carbocycles. The lowest BCUT2D eigenvalue weighted by Crippen LogP contribution is -2.14. The van der Waals surface area contributed by atoms with E-state index in [4.69, 9.17) is 0 Å². The third-order valence-corrected chi connectivity index (χ3v) is 3.16. The highest BCUT2D eigenvalue weighted by atomic mass is 79.9. The lowest BCUT2D eigenvalue weighted by Gasteiger charge is -2.13. The molecule has 0 spiro atoms. The summed E-state index contributed by atoms with van der Waals surface area (Å²) in [6.45, 7) is 5.45. The van der Waals surface area contributed by atoms with E-state index < -0.39 is 0 Å². The molecule has 78 valence electrons. The first-order chi connectivity index (χ1) is 6.63. The smallest absolute Gasteiger partial charge is 0.0542 e. The number of halogens is 1. The average Bonchev–Trinajstić information content (AvgIpc) is 2.18. The molecule has 0 saturated heterocycles. The maximum atomic E-state index is 3.44. The first-order valence-corrected chi connectivity index (χ1v) is 6.09. The van der Waals surface area contributed by atoms with Crippen LogP contribution < -0.4 is 0 Å². The molecule has 0 aliphatic carbocycles. The second kappa shape index (κ2) is 5.52. The summed E-state index contributed by atoms with van der Waals surface area (Å²) in [4.78, 5) is 2.23. The first-order valence-electron chi connectivity index (χ1n) is 4.97. The van der Waals surface area contributed by atoms with Crippen molar-refractivity contribution in [3.05, 3.63) is 35.4 Å². The molecule has 0 fully saturated rings. The third kappa shape index (κ3) is 3.43. The van der Waals surface area contributed by atoms with Crippen molar-refractivity contribution < 1.29 is 0 Å². The molecule has 0 aliphatic rings. The quantitative estimate of drug-likeness (QED) is 0.587.